The Morgan fingerprint density at radius 1 is 1.17 bits per heavy atom. The van der Waals surface area contributed by atoms with Crippen LogP contribution in [0.15, 0.2) is 53.3 Å². The molecule has 1 aromatic carbocycles. The van der Waals surface area contributed by atoms with Crippen molar-refractivity contribution < 1.29 is 22.8 Å². The van der Waals surface area contributed by atoms with Gasteiger partial charge in [-0.15, -0.1) is 0 Å². The first kappa shape index (κ1) is 25.8. The van der Waals surface area contributed by atoms with Gasteiger partial charge in [0, 0.05) is 66.6 Å². The summed E-state index contributed by atoms with van der Waals surface area (Å²) in [6.45, 7) is 2.12. The number of anilines is 1. The van der Waals surface area contributed by atoms with Crippen molar-refractivity contribution in [1.82, 2.24) is 15.1 Å². The number of aromatic nitrogens is 3. The summed E-state index contributed by atoms with van der Waals surface area (Å²) >= 11 is 0. The Kier molecular flexibility index (Phi) is 6.14. The van der Waals surface area contributed by atoms with Gasteiger partial charge in [-0.25, -0.2) is 4.98 Å². The molecule has 7 rings (SSSR count). The fraction of sp³-hybridized carbons (Fsp3) is 0.375. The molecule has 0 atom stereocenters. The molecule has 0 radical (unpaired) electrons. The minimum atomic E-state index is -2.99. The number of hydrogen-bond donors (Lipinski definition) is 0. The first-order valence-electron chi connectivity index (χ1n) is 14.1. The molecule has 3 aromatic heterocycles. The number of carbonyl (C=O) groups is 1. The molecule has 1 aliphatic heterocycles. The monoisotopic (exact) mass is 556 g/mol. The van der Waals surface area contributed by atoms with E-state index in [2.05, 4.69) is 33.0 Å². The highest BCUT2D eigenvalue weighted by atomic mass is 19.3. The Morgan fingerprint density at radius 2 is 1.95 bits per heavy atom. The number of nitrogens with zero attached hydrogens (tertiary/aromatic N) is 4. The molecule has 7 nitrogen and oxygen atoms in total. The molecule has 4 heterocycles. The van der Waals surface area contributed by atoms with Crippen molar-refractivity contribution in [2.45, 2.75) is 58.5 Å². The van der Waals surface area contributed by atoms with E-state index < -0.39 is 6.61 Å². The lowest BCUT2D eigenvalue weighted by molar-refractivity contribution is -0.0488. The van der Waals surface area contributed by atoms with Gasteiger partial charge >= 0.3 is 6.61 Å². The average molecular weight is 557 g/mol. The van der Waals surface area contributed by atoms with Crippen molar-refractivity contribution in [3.8, 4) is 17.0 Å². The number of carbonyl (C=O) groups excluding carboxylic acids is 1. The Labute approximate surface area is 236 Å². The molecule has 41 heavy (non-hydrogen) atoms. The normalized spacial score (nSPS) is 18.1. The minimum absolute atomic E-state index is 0.0306. The van der Waals surface area contributed by atoms with Gasteiger partial charge in [0.05, 0.1) is 5.52 Å². The third-order valence-electron chi connectivity index (χ3n) is 8.76. The Morgan fingerprint density at radius 3 is 2.63 bits per heavy atom. The van der Waals surface area contributed by atoms with Gasteiger partial charge in [0.2, 0.25) is 0 Å². The van der Waals surface area contributed by atoms with E-state index in [9.17, 15) is 13.6 Å². The van der Waals surface area contributed by atoms with Gasteiger partial charge in [-0.2, -0.15) is 8.78 Å². The summed E-state index contributed by atoms with van der Waals surface area (Å²) < 4.78 is 37.0. The number of alkyl halides is 2. The molecule has 1 spiro atoms. The van der Waals surface area contributed by atoms with Crippen LogP contribution in [-0.2, 0) is 0 Å². The number of benzene rings is 1. The molecule has 0 unspecified atom stereocenters. The van der Waals surface area contributed by atoms with Crippen LogP contribution in [-0.4, -0.2) is 40.6 Å². The highest BCUT2D eigenvalue weighted by molar-refractivity contribution is 5.97. The number of ether oxygens (including phenoxy) is 1. The van der Waals surface area contributed by atoms with Crippen LogP contribution in [0.3, 0.4) is 0 Å². The third kappa shape index (κ3) is 4.67. The summed E-state index contributed by atoms with van der Waals surface area (Å²) in [5.41, 5.74) is 7.14. The van der Waals surface area contributed by atoms with Gasteiger partial charge in [0.15, 0.2) is 5.78 Å². The topological polar surface area (TPSA) is 81.4 Å². The second-order valence-corrected chi connectivity index (χ2v) is 11.6. The van der Waals surface area contributed by atoms with Gasteiger partial charge in [-0.05, 0) is 79.8 Å². The van der Waals surface area contributed by atoms with Crippen molar-refractivity contribution in [2.24, 2.45) is 5.41 Å². The summed E-state index contributed by atoms with van der Waals surface area (Å²) in [5, 5.41) is 4.99. The van der Waals surface area contributed by atoms with Crippen molar-refractivity contribution in [1.29, 1.82) is 0 Å². The van der Waals surface area contributed by atoms with Crippen molar-refractivity contribution in [3.05, 3.63) is 71.4 Å². The van der Waals surface area contributed by atoms with Gasteiger partial charge in [-0.3, -0.25) is 9.78 Å². The van der Waals surface area contributed by atoms with E-state index in [1.807, 2.05) is 24.4 Å². The van der Waals surface area contributed by atoms with Crippen LogP contribution in [0.4, 0.5) is 14.5 Å². The van der Waals surface area contributed by atoms with Crippen LogP contribution in [0.1, 0.15) is 72.3 Å². The fourth-order valence-corrected chi connectivity index (χ4v) is 6.30. The number of rotatable bonds is 7. The van der Waals surface area contributed by atoms with E-state index in [0.29, 0.717) is 16.8 Å². The van der Waals surface area contributed by atoms with E-state index in [0.717, 1.165) is 79.0 Å². The maximum atomic E-state index is 13.2. The zero-order valence-electron chi connectivity index (χ0n) is 23.0. The molecule has 9 heteroatoms. The van der Waals surface area contributed by atoms with Gasteiger partial charge in [0.25, 0.3) is 0 Å². The standard InChI is InChI=1S/C32H30F2N4O3/c1-18-7-10-35-17-24(18)29-28(30(41-37-29)20-3-4-20)21-15-32(16-21)8-11-38(12-9-32)22-5-6-25-23(13-22)27(40-31(33)34)14-26(36-25)19(2)39/h5-7,10,13-15,17,20,31H,3-4,8-9,11-12,16H2,1-2H3. The van der Waals surface area contributed by atoms with E-state index in [4.69, 9.17) is 9.26 Å². The molecule has 210 valence electrons. The smallest absolute Gasteiger partial charge is 0.387 e. The maximum Gasteiger partial charge on any atom is 0.387 e. The molecule has 2 aliphatic carbocycles. The number of ketones is 1. The highest BCUT2D eigenvalue weighted by Crippen LogP contribution is 2.55. The first-order valence-corrected chi connectivity index (χ1v) is 14.1. The molecule has 4 aromatic rings. The number of pyridine rings is 2. The van der Waals surface area contributed by atoms with E-state index >= 15 is 0 Å². The summed E-state index contributed by atoms with van der Waals surface area (Å²) in [6, 6.07) is 8.85. The zero-order chi connectivity index (χ0) is 28.3. The molecule has 2 fully saturated rings. The predicted molar refractivity (Wildman–Crippen MR) is 151 cm³/mol. The lowest BCUT2D eigenvalue weighted by Crippen LogP contribution is -2.42. The number of Topliss-reactive ketones (excluding diaryl/α,β-unsaturated/α-hetero) is 1. The molecule has 1 saturated carbocycles. The third-order valence-corrected chi connectivity index (χ3v) is 8.76. The van der Waals surface area contributed by atoms with Gasteiger partial charge < -0.3 is 14.2 Å². The molecular formula is C32H30F2N4O3. The average Bonchev–Trinajstić information content (AvgIpc) is 3.70. The molecule has 1 saturated heterocycles. The van der Waals surface area contributed by atoms with Crippen LogP contribution in [0.2, 0.25) is 0 Å². The molecular weight excluding hydrogens is 526 g/mol. The van der Waals surface area contributed by atoms with Crippen molar-refractivity contribution >= 4 is 27.9 Å². The Hall–Kier alpha value is -4.14. The van der Waals surface area contributed by atoms with E-state index in [-0.39, 0.29) is 22.6 Å². The number of halogens is 2. The zero-order valence-corrected chi connectivity index (χ0v) is 23.0. The van der Waals surface area contributed by atoms with E-state index in [1.165, 1.54) is 18.6 Å². The quantitative estimate of drug-likeness (QED) is 0.220. The SMILES string of the molecule is CC(=O)c1cc(OC(F)F)c2cc(N3CCC4(C=C(c5c(-c6cnccc6C)noc5C5CC5)C4)CC3)ccc2n1. The number of hydrogen-bond acceptors (Lipinski definition) is 7. The molecule has 3 aliphatic rings. The fourth-order valence-electron chi connectivity index (χ4n) is 6.30. The van der Waals surface area contributed by atoms with Gasteiger partial charge in [0.1, 0.15) is 22.9 Å². The minimum Gasteiger partial charge on any atom is -0.434 e. The van der Waals surface area contributed by atoms with Crippen LogP contribution < -0.4 is 9.64 Å². The summed E-state index contributed by atoms with van der Waals surface area (Å²) in [7, 11) is 0. The van der Waals surface area contributed by atoms with Crippen LogP contribution in [0.5, 0.6) is 5.75 Å². The number of piperidine rings is 1. The largest absolute Gasteiger partial charge is 0.434 e. The molecule has 0 amide bonds. The summed E-state index contributed by atoms with van der Waals surface area (Å²) in [5.74, 6) is 1.14. The first-order chi connectivity index (χ1) is 19.8. The van der Waals surface area contributed by atoms with Crippen LogP contribution >= 0.6 is 0 Å². The molecule has 0 bridgehead atoms. The van der Waals surface area contributed by atoms with Crippen LogP contribution in [0, 0.1) is 12.3 Å². The Bertz CT molecular complexity index is 1700. The summed E-state index contributed by atoms with van der Waals surface area (Å²) in [6.07, 6.45) is 11.3. The Balaban J connectivity index is 1.13. The second-order valence-electron chi connectivity index (χ2n) is 11.6. The van der Waals surface area contributed by atoms with Crippen molar-refractivity contribution in [2.75, 3.05) is 18.0 Å². The highest BCUT2D eigenvalue weighted by Gasteiger charge is 2.44. The second kappa shape index (κ2) is 9.75. The van der Waals surface area contributed by atoms with Gasteiger partial charge in [-0.1, -0.05) is 11.2 Å². The molecule has 0 N–H and O–H groups in total. The van der Waals surface area contributed by atoms with Crippen molar-refractivity contribution in [3.63, 3.8) is 0 Å². The lowest BCUT2D eigenvalue weighted by atomic mass is 9.63. The number of fused-ring (bicyclic) bond motifs is 1. The van der Waals surface area contributed by atoms with Crippen LogP contribution in [0.25, 0.3) is 27.7 Å². The lowest BCUT2D eigenvalue weighted by Gasteiger charge is -2.47. The number of allylic oxidation sites excluding steroid dienone is 2. The maximum absolute atomic E-state index is 13.2. The predicted octanol–water partition coefficient (Wildman–Crippen LogP) is 7.35. The number of aryl methyl sites for hydroxylation is 1. The van der Waals surface area contributed by atoms with E-state index in [1.54, 1.807) is 12.3 Å². The summed E-state index contributed by atoms with van der Waals surface area (Å²) in [4.78, 5) is 22.8.